The van der Waals surface area contributed by atoms with Gasteiger partial charge in [-0.2, -0.15) is 18.3 Å². The Hall–Kier alpha value is -3.49. The van der Waals surface area contributed by atoms with Crippen molar-refractivity contribution in [1.29, 1.82) is 0 Å². The Morgan fingerprint density at radius 3 is 2.64 bits per heavy atom. The van der Waals surface area contributed by atoms with Gasteiger partial charge >= 0.3 is 10.2 Å². The number of halogens is 1. The first kappa shape index (κ1) is 27.1. The molecule has 0 unspecified atom stereocenters. The Balaban J connectivity index is 1.44. The van der Waals surface area contributed by atoms with Crippen LogP contribution in [0, 0.1) is 5.82 Å². The highest BCUT2D eigenvalue weighted by molar-refractivity contribution is 7.92. The highest BCUT2D eigenvalue weighted by Gasteiger charge is 2.40. The van der Waals surface area contributed by atoms with Crippen LogP contribution in [0.25, 0.3) is 0 Å². The van der Waals surface area contributed by atoms with Gasteiger partial charge in [-0.15, -0.1) is 5.10 Å². The lowest BCUT2D eigenvalue weighted by Gasteiger charge is -2.23. The topological polar surface area (TPSA) is 119 Å². The van der Waals surface area contributed by atoms with Gasteiger partial charge in [0.05, 0.1) is 11.9 Å². The molecule has 39 heavy (non-hydrogen) atoms. The van der Waals surface area contributed by atoms with E-state index in [4.69, 9.17) is 9.47 Å². The minimum atomic E-state index is -4.25. The van der Waals surface area contributed by atoms with E-state index in [1.165, 1.54) is 4.80 Å². The highest BCUT2D eigenvalue weighted by Crippen LogP contribution is 2.45. The molecule has 1 fully saturated rings. The predicted molar refractivity (Wildman–Crippen MR) is 146 cm³/mol. The van der Waals surface area contributed by atoms with Crippen molar-refractivity contribution in [2.45, 2.75) is 45.4 Å². The van der Waals surface area contributed by atoms with E-state index in [0.29, 0.717) is 36.6 Å². The minimum absolute atomic E-state index is 0.00384. The highest BCUT2D eigenvalue weighted by atomic mass is 32.2. The molecule has 0 radical (unpaired) electrons. The number of rotatable bonds is 10. The van der Waals surface area contributed by atoms with Crippen LogP contribution in [-0.2, 0) is 39.5 Å². The van der Waals surface area contributed by atoms with Crippen molar-refractivity contribution >= 4 is 41.4 Å². The molecule has 0 spiro atoms. The lowest BCUT2D eigenvalue weighted by Crippen LogP contribution is -2.30. The largest absolute Gasteiger partial charge is 0.487 e. The van der Waals surface area contributed by atoms with Crippen LogP contribution in [0.2, 0.25) is 25.7 Å². The van der Waals surface area contributed by atoms with Crippen molar-refractivity contribution < 1.29 is 27.1 Å². The van der Waals surface area contributed by atoms with Gasteiger partial charge in [0.25, 0.3) is 5.91 Å². The first-order valence-electron chi connectivity index (χ1n) is 12.6. The van der Waals surface area contributed by atoms with Crippen LogP contribution in [0.5, 0.6) is 5.75 Å². The molecule has 14 heteroatoms. The molecule has 0 aliphatic carbocycles. The van der Waals surface area contributed by atoms with Crippen molar-refractivity contribution in [3.05, 3.63) is 59.5 Å². The zero-order chi connectivity index (χ0) is 27.8. The van der Waals surface area contributed by atoms with Gasteiger partial charge in [-0.3, -0.25) is 4.79 Å². The van der Waals surface area contributed by atoms with Gasteiger partial charge in [-0.25, -0.2) is 13.4 Å². The number of carbonyl (C=O) groups is 1. The molecule has 2 aromatic carbocycles. The maximum Gasteiger partial charge on any atom is 0.326 e. The molecule has 5 rings (SSSR count). The fourth-order valence-corrected chi connectivity index (χ4v) is 6.34. The Bertz CT molecular complexity index is 1480. The van der Waals surface area contributed by atoms with E-state index in [1.54, 1.807) is 12.3 Å². The van der Waals surface area contributed by atoms with Crippen molar-refractivity contribution in [1.82, 2.24) is 19.7 Å². The Morgan fingerprint density at radius 1 is 1.18 bits per heavy atom. The molecule has 0 saturated carbocycles. The van der Waals surface area contributed by atoms with Crippen LogP contribution >= 0.6 is 0 Å². The average molecular weight is 575 g/mol. The summed E-state index contributed by atoms with van der Waals surface area (Å²) in [6, 6.07) is 11.9. The van der Waals surface area contributed by atoms with Crippen LogP contribution < -0.4 is 18.7 Å². The van der Waals surface area contributed by atoms with Crippen LogP contribution in [0.15, 0.2) is 42.6 Å². The standard InChI is InChI=1S/C25H31FN6O5SSi/c1-39(2,3)12-11-36-17-32-27-14-22(28-32)30-10-9-19-20(30)13-21(37-16-18-7-5-4-6-8-18)25(24(19)26)31-15-23(33)29-38(31,34)35/h4-8,13-14H,9-12,15-17H2,1-3H3,(H,29,33). The van der Waals surface area contributed by atoms with Crippen molar-refractivity contribution in [3.63, 3.8) is 0 Å². The number of amides is 1. The summed E-state index contributed by atoms with van der Waals surface area (Å²) in [4.78, 5) is 15.2. The lowest BCUT2D eigenvalue weighted by atomic mass is 10.1. The zero-order valence-corrected chi connectivity index (χ0v) is 23.9. The lowest BCUT2D eigenvalue weighted by molar-refractivity contribution is -0.117. The third-order valence-electron chi connectivity index (χ3n) is 6.47. The first-order chi connectivity index (χ1) is 18.5. The zero-order valence-electron chi connectivity index (χ0n) is 22.1. The minimum Gasteiger partial charge on any atom is -0.487 e. The van der Waals surface area contributed by atoms with Crippen molar-refractivity contribution in [2.75, 3.05) is 28.9 Å². The van der Waals surface area contributed by atoms with Crippen LogP contribution in [0.1, 0.15) is 11.1 Å². The summed E-state index contributed by atoms with van der Waals surface area (Å²) in [5.74, 6) is -0.979. The van der Waals surface area contributed by atoms with Gasteiger partial charge in [0.1, 0.15) is 24.6 Å². The van der Waals surface area contributed by atoms with E-state index < -0.39 is 36.6 Å². The number of hydrogen-bond acceptors (Lipinski definition) is 8. The second kappa shape index (κ2) is 10.6. The number of carbonyl (C=O) groups excluding carboxylic acids is 1. The number of aromatic nitrogens is 3. The molecule has 208 valence electrons. The third kappa shape index (κ3) is 5.92. The summed E-state index contributed by atoms with van der Waals surface area (Å²) >= 11 is 0. The quantitative estimate of drug-likeness (QED) is 0.290. The van der Waals surface area contributed by atoms with E-state index in [2.05, 4.69) is 29.8 Å². The average Bonchev–Trinajstić information content (AvgIpc) is 3.57. The van der Waals surface area contributed by atoms with Crippen LogP contribution in [0.3, 0.4) is 0 Å². The SMILES string of the molecule is C[Si](C)(C)CCOCn1ncc(N2CCc3c2cc(OCc2ccccc2)c(N2CC(=O)NS2(=O)=O)c3F)n1. The maximum atomic E-state index is 16.1. The predicted octanol–water partition coefficient (Wildman–Crippen LogP) is 3.18. The first-order valence-corrected chi connectivity index (χ1v) is 17.8. The van der Waals surface area contributed by atoms with E-state index in [-0.39, 0.29) is 24.8 Å². The van der Waals surface area contributed by atoms with Gasteiger partial charge in [0, 0.05) is 32.9 Å². The second-order valence-corrected chi connectivity index (χ2v) is 17.9. The Kier molecular flexibility index (Phi) is 7.35. The smallest absolute Gasteiger partial charge is 0.326 e. The Morgan fingerprint density at radius 2 is 1.95 bits per heavy atom. The normalized spacial score (nSPS) is 16.5. The van der Waals surface area contributed by atoms with Crippen molar-refractivity contribution in [2.24, 2.45) is 0 Å². The molecule has 0 atom stereocenters. The van der Waals surface area contributed by atoms with Gasteiger partial charge in [0.2, 0.25) is 0 Å². The molecule has 2 aliphatic rings. The molecule has 1 saturated heterocycles. The second-order valence-electron chi connectivity index (χ2n) is 10.7. The summed E-state index contributed by atoms with van der Waals surface area (Å²) in [7, 11) is -5.47. The van der Waals surface area contributed by atoms with E-state index in [1.807, 2.05) is 40.0 Å². The number of benzene rings is 2. The molecule has 2 aliphatic heterocycles. The summed E-state index contributed by atoms with van der Waals surface area (Å²) in [5, 5.41) is 8.79. The number of nitrogens with zero attached hydrogens (tertiary/aromatic N) is 5. The van der Waals surface area contributed by atoms with Crippen LogP contribution in [-0.4, -0.2) is 57.1 Å². The number of hydrogen-bond donors (Lipinski definition) is 1. The van der Waals surface area contributed by atoms with E-state index in [9.17, 15) is 13.2 Å². The Labute approximate surface area is 227 Å². The van der Waals surface area contributed by atoms with Gasteiger partial charge < -0.3 is 14.4 Å². The third-order valence-corrected chi connectivity index (χ3v) is 9.55. The molecule has 0 bridgehead atoms. The molecule has 3 heterocycles. The molecule has 1 amide bonds. The molecule has 3 aromatic rings. The van der Waals surface area contributed by atoms with Crippen LogP contribution in [0.4, 0.5) is 21.6 Å². The number of fused-ring (bicyclic) bond motifs is 1. The summed E-state index contributed by atoms with van der Waals surface area (Å²) in [6.45, 7) is 7.63. The monoisotopic (exact) mass is 574 g/mol. The van der Waals surface area contributed by atoms with E-state index in [0.717, 1.165) is 15.9 Å². The number of nitrogens with one attached hydrogen (secondary N) is 1. The molecule has 1 aromatic heterocycles. The summed E-state index contributed by atoms with van der Waals surface area (Å²) in [5.41, 5.74) is 1.34. The molecular weight excluding hydrogens is 543 g/mol. The fraction of sp³-hybridized carbons (Fsp3) is 0.400. The number of ether oxygens (including phenoxy) is 2. The fourth-order valence-electron chi connectivity index (χ4n) is 4.43. The van der Waals surface area contributed by atoms with Gasteiger partial charge in [-0.1, -0.05) is 50.0 Å². The van der Waals surface area contributed by atoms with Gasteiger partial charge in [-0.05, 0) is 18.0 Å². The van der Waals surface area contributed by atoms with Crippen molar-refractivity contribution in [3.8, 4) is 5.75 Å². The van der Waals surface area contributed by atoms with Gasteiger partial charge in [0.15, 0.2) is 18.4 Å². The summed E-state index contributed by atoms with van der Waals surface area (Å²) < 4.78 is 55.7. The summed E-state index contributed by atoms with van der Waals surface area (Å²) in [6.07, 6.45) is 1.89. The maximum absolute atomic E-state index is 16.1. The number of anilines is 3. The molecule has 1 N–H and O–H groups in total. The van der Waals surface area contributed by atoms with E-state index >= 15 is 4.39 Å². The molecular formula is C25H31FN6O5SSi. The molecule has 11 nitrogen and oxygen atoms in total.